The molecule has 0 radical (unpaired) electrons. The van der Waals surface area contributed by atoms with Gasteiger partial charge in [0.25, 0.3) is 0 Å². The highest BCUT2D eigenvalue weighted by atomic mass is 15.0. The number of hydrogen-bond donors (Lipinski definition) is 1. The Hall–Kier alpha value is -0.0400. The molecule has 0 amide bonds. The molecule has 0 aliphatic heterocycles. The van der Waals surface area contributed by atoms with Crippen LogP contribution in [-0.2, 0) is 0 Å². The maximum absolute atomic E-state index is 3.81. The smallest absolute Gasteiger partial charge is 0.00990 e. The SMILES string of the molecule is CC1CCC(NC2CC2C)C(C)C1. The fraction of sp³-hybridized carbons (Fsp3) is 1.00. The monoisotopic (exact) mass is 181 g/mol. The molecular formula is C12H23N. The summed E-state index contributed by atoms with van der Waals surface area (Å²) >= 11 is 0. The zero-order valence-electron chi connectivity index (χ0n) is 9.22. The van der Waals surface area contributed by atoms with Crippen LogP contribution in [0.4, 0.5) is 0 Å². The maximum atomic E-state index is 3.81. The summed E-state index contributed by atoms with van der Waals surface area (Å²) in [7, 11) is 0. The van der Waals surface area contributed by atoms with Crippen molar-refractivity contribution in [3.05, 3.63) is 0 Å². The summed E-state index contributed by atoms with van der Waals surface area (Å²) in [5.74, 6) is 2.81. The van der Waals surface area contributed by atoms with Crippen molar-refractivity contribution in [1.29, 1.82) is 0 Å². The van der Waals surface area contributed by atoms with Crippen LogP contribution in [-0.4, -0.2) is 12.1 Å². The van der Waals surface area contributed by atoms with Crippen molar-refractivity contribution in [2.75, 3.05) is 0 Å². The molecule has 1 nitrogen and oxygen atoms in total. The molecule has 2 rings (SSSR count). The van der Waals surface area contributed by atoms with Crippen molar-refractivity contribution < 1.29 is 0 Å². The third-order valence-corrected chi connectivity index (χ3v) is 3.97. The van der Waals surface area contributed by atoms with E-state index in [0.29, 0.717) is 0 Å². The molecule has 5 atom stereocenters. The Morgan fingerprint density at radius 1 is 0.846 bits per heavy atom. The molecule has 0 aromatic heterocycles. The first kappa shape index (κ1) is 9.51. The molecule has 5 unspecified atom stereocenters. The van der Waals surface area contributed by atoms with E-state index in [-0.39, 0.29) is 0 Å². The second kappa shape index (κ2) is 3.61. The van der Waals surface area contributed by atoms with E-state index < -0.39 is 0 Å². The van der Waals surface area contributed by atoms with Gasteiger partial charge in [-0.3, -0.25) is 0 Å². The average Bonchev–Trinajstić information content (AvgIpc) is 2.73. The highest BCUT2D eigenvalue weighted by Crippen LogP contribution is 2.34. The molecule has 1 heteroatoms. The maximum Gasteiger partial charge on any atom is 0.00990 e. The predicted molar refractivity (Wildman–Crippen MR) is 56.7 cm³/mol. The molecule has 2 saturated carbocycles. The van der Waals surface area contributed by atoms with Crippen LogP contribution in [0.3, 0.4) is 0 Å². The van der Waals surface area contributed by atoms with Crippen molar-refractivity contribution in [2.24, 2.45) is 17.8 Å². The molecule has 0 aromatic carbocycles. The van der Waals surface area contributed by atoms with Gasteiger partial charge in [-0.1, -0.05) is 20.8 Å². The van der Waals surface area contributed by atoms with Crippen molar-refractivity contribution >= 4 is 0 Å². The molecule has 0 saturated heterocycles. The van der Waals surface area contributed by atoms with Crippen molar-refractivity contribution in [1.82, 2.24) is 5.32 Å². The Kier molecular flexibility index (Phi) is 2.64. The lowest BCUT2D eigenvalue weighted by Gasteiger charge is -2.33. The molecule has 2 aliphatic carbocycles. The molecule has 76 valence electrons. The molecule has 0 aromatic rings. The molecule has 2 aliphatic rings. The van der Waals surface area contributed by atoms with Gasteiger partial charge in [0.05, 0.1) is 0 Å². The van der Waals surface area contributed by atoms with E-state index in [4.69, 9.17) is 0 Å². The molecular weight excluding hydrogens is 158 g/mol. The fourth-order valence-electron chi connectivity index (χ4n) is 2.74. The number of rotatable bonds is 2. The lowest BCUT2D eigenvalue weighted by molar-refractivity contribution is 0.225. The van der Waals surface area contributed by atoms with Crippen LogP contribution in [0, 0.1) is 17.8 Å². The summed E-state index contributed by atoms with van der Waals surface area (Å²) in [6.07, 6.45) is 5.69. The van der Waals surface area contributed by atoms with E-state index >= 15 is 0 Å². The van der Waals surface area contributed by atoms with Gasteiger partial charge in [-0.2, -0.15) is 0 Å². The quantitative estimate of drug-likeness (QED) is 0.690. The van der Waals surface area contributed by atoms with Crippen molar-refractivity contribution in [2.45, 2.75) is 58.5 Å². The van der Waals surface area contributed by atoms with Gasteiger partial charge in [-0.05, 0) is 43.4 Å². The van der Waals surface area contributed by atoms with Gasteiger partial charge in [0.2, 0.25) is 0 Å². The van der Waals surface area contributed by atoms with E-state index in [1.807, 2.05) is 0 Å². The Bertz CT molecular complexity index is 178. The Labute approximate surface area is 82.3 Å². The normalized spacial score (nSPS) is 50.5. The highest BCUT2D eigenvalue weighted by Gasteiger charge is 2.36. The molecule has 13 heavy (non-hydrogen) atoms. The van der Waals surface area contributed by atoms with Gasteiger partial charge >= 0.3 is 0 Å². The first-order valence-corrected chi connectivity index (χ1v) is 5.93. The minimum Gasteiger partial charge on any atom is -0.311 e. The topological polar surface area (TPSA) is 12.0 Å². The molecule has 0 spiro atoms. The van der Waals surface area contributed by atoms with E-state index in [0.717, 1.165) is 29.8 Å². The van der Waals surface area contributed by atoms with Crippen LogP contribution in [0.2, 0.25) is 0 Å². The third-order valence-electron chi connectivity index (χ3n) is 3.97. The summed E-state index contributed by atoms with van der Waals surface area (Å²) in [5, 5.41) is 3.81. The van der Waals surface area contributed by atoms with Crippen LogP contribution in [0.5, 0.6) is 0 Å². The van der Waals surface area contributed by atoms with Crippen molar-refractivity contribution in [3.8, 4) is 0 Å². The first-order chi connectivity index (χ1) is 6.16. The number of nitrogens with one attached hydrogen (secondary N) is 1. The summed E-state index contributed by atoms with van der Waals surface area (Å²) in [6.45, 7) is 7.17. The van der Waals surface area contributed by atoms with Crippen LogP contribution >= 0.6 is 0 Å². The zero-order chi connectivity index (χ0) is 9.42. The molecule has 0 bridgehead atoms. The highest BCUT2D eigenvalue weighted by molar-refractivity contribution is 4.94. The molecule has 2 fully saturated rings. The predicted octanol–water partition coefficient (Wildman–Crippen LogP) is 2.81. The van der Waals surface area contributed by atoms with E-state index in [9.17, 15) is 0 Å². The van der Waals surface area contributed by atoms with Crippen molar-refractivity contribution in [3.63, 3.8) is 0 Å². The summed E-state index contributed by atoms with van der Waals surface area (Å²) in [5.41, 5.74) is 0. The summed E-state index contributed by atoms with van der Waals surface area (Å²) < 4.78 is 0. The molecule has 0 heterocycles. The van der Waals surface area contributed by atoms with E-state index in [1.165, 1.54) is 25.7 Å². The van der Waals surface area contributed by atoms with Gasteiger partial charge < -0.3 is 5.32 Å². The van der Waals surface area contributed by atoms with Gasteiger partial charge in [-0.25, -0.2) is 0 Å². The van der Waals surface area contributed by atoms with Gasteiger partial charge in [0.1, 0.15) is 0 Å². The lowest BCUT2D eigenvalue weighted by atomic mass is 9.80. The summed E-state index contributed by atoms with van der Waals surface area (Å²) in [6, 6.07) is 1.69. The minimum atomic E-state index is 0.825. The van der Waals surface area contributed by atoms with Crippen LogP contribution in [0.25, 0.3) is 0 Å². The fourth-order valence-corrected chi connectivity index (χ4v) is 2.74. The third kappa shape index (κ3) is 2.25. The van der Waals surface area contributed by atoms with Gasteiger partial charge in [-0.15, -0.1) is 0 Å². The van der Waals surface area contributed by atoms with Crippen LogP contribution in [0.15, 0.2) is 0 Å². The lowest BCUT2D eigenvalue weighted by Crippen LogP contribution is -2.40. The second-order valence-electron chi connectivity index (χ2n) is 5.49. The number of hydrogen-bond acceptors (Lipinski definition) is 1. The van der Waals surface area contributed by atoms with Gasteiger partial charge in [0.15, 0.2) is 0 Å². The zero-order valence-corrected chi connectivity index (χ0v) is 9.22. The summed E-state index contributed by atoms with van der Waals surface area (Å²) in [4.78, 5) is 0. The van der Waals surface area contributed by atoms with Gasteiger partial charge in [0, 0.05) is 12.1 Å². The standard InChI is InChI=1S/C12H23N/c1-8-4-5-11(9(2)6-8)13-12-7-10(12)3/h8-13H,4-7H2,1-3H3. The Morgan fingerprint density at radius 2 is 1.54 bits per heavy atom. The second-order valence-corrected chi connectivity index (χ2v) is 5.49. The first-order valence-electron chi connectivity index (χ1n) is 5.93. The van der Waals surface area contributed by atoms with Crippen LogP contribution < -0.4 is 5.32 Å². The average molecular weight is 181 g/mol. The largest absolute Gasteiger partial charge is 0.311 e. The minimum absolute atomic E-state index is 0.825. The Morgan fingerprint density at radius 3 is 2.08 bits per heavy atom. The van der Waals surface area contributed by atoms with E-state index in [1.54, 1.807) is 0 Å². The van der Waals surface area contributed by atoms with Crippen LogP contribution in [0.1, 0.15) is 46.5 Å². The van der Waals surface area contributed by atoms with E-state index in [2.05, 4.69) is 26.1 Å². The Balaban J connectivity index is 1.78. The molecule has 1 N–H and O–H groups in total.